The van der Waals surface area contributed by atoms with Gasteiger partial charge in [-0.25, -0.2) is 4.39 Å². The standard InChI is InChI=1S/C10H11FO/c1-7-3-4-9(8(2)5-7)10(11)6-12/h3-6,10H,1-2H3. The van der Waals surface area contributed by atoms with Gasteiger partial charge in [-0.3, -0.25) is 4.79 Å². The van der Waals surface area contributed by atoms with Gasteiger partial charge in [0, 0.05) is 0 Å². The van der Waals surface area contributed by atoms with Crippen LogP contribution in [-0.4, -0.2) is 6.29 Å². The molecule has 2 heteroatoms. The van der Waals surface area contributed by atoms with E-state index in [9.17, 15) is 9.18 Å². The normalized spacial score (nSPS) is 12.6. The van der Waals surface area contributed by atoms with Crippen molar-refractivity contribution in [2.75, 3.05) is 0 Å². The number of alkyl halides is 1. The fraction of sp³-hybridized carbons (Fsp3) is 0.300. The van der Waals surface area contributed by atoms with Crippen molar-refractivity contribution in [2.24, 2.45) is 0 Å². The molecule has 0 spiro atoms. The summed E-state index contributed by atoms with van der Waals surface area (Å²) < 4.78 is 12.9. The first kappa shape index (κ1) is 8.91. The molecule has 64 valence electrons. The van der Waals surface area contributed by atoms with Gasteiger partial charge in [0.25, 0.3) is 0 Å². The number of benzene rings is 1. The van der Waals surface area contributed by atoms with Crippen molar-refractivity contribution in [2.45, 2.75) is 20.0 Å². The average Bonchev–Trinajstić information content (AvgIpc) is 2.03. The van der Waals surface area contributed by atoms with Gasteiger partial charge in [-0.2, -0.15) is 0 Å². The molecule has 0 aliphatic rings. The first-order valence-corrected chi connectivity index (χ1v) is 3.81. The Kier molecular flexibility index (Phi) is 2.58. The third-order valence-electron chi connectivity index (χ3n) is 1.84. The highest BCUT2D eigenvalue weighted by Crippen LogP contribution is 2.19. The van der Waals surface area contributed by atoms with Crippen LogP contribution in [0.5, 0.6) is 0 Å². The van der Waals surface area contributed by atoms with E-state index < -0.39 is 6.17 Å². The minimum absolute atomic E-state index is 0.317. The Morgan fingerprint density at radius 3 is 2.58 bits per heavy atom. The lowest BCUT2D eigenvalue weighted by Gasteiger charge is -2.05. The van der Waals surface area contributed by atoms with Gasteiger partial charge in [0.05, 0.1) is 0 Å². The van der Waals surface area contributed by atoms with E-state index in [1.54, 1.807) is 19.1 Å². The second-order valence-electron chi connectivity index (χ2n) is 2.90. The van der Waals surface area contributed by atoms with Crippen molar-refractivity contribution < 1.29 is 9.18 Å². The lowest BCUT2D eigenvalue weighted by Crippen LogP contribution is -1.95. The smallest absolute Gasteiger partial charge is 0.180 e. The molecule has 0 radical (unpaired) electrons. The number of carbonyl (C=O) groups is 1. The minimum atomic E-state index is -1.48. The predicted molar refractivity (Wildman–Crippen MR) is 45.8 cm³/mol. The maximum absolute atomic E-state index is 12.9. The number of halogens is 1. The van der Waals surface area contributed by atoms with Crippen LogP contribution in [-0.2, 0) is 4.79 Å². The molecule has 0 aromatic heterocycles. The van der Waals surface area contributed by atoms with E-state index in [-0.39, 0.29) is 0 Å². The summed E-state index contributed by atoms with van der Waals surface area (Å²) >= 11 is 0. The zero-order chi connectivity index (χ0) is 9.14. The molecule has 0 aliphatic heterocycles. The second kappa shape index (κ2) is 3.48. The number of hydrogen-bond donors (Lipinski definition) is 0. The van der Waals surface area contributed by atoms with Gasteiger partial charge in [0.2, 0.25) is 0 Å². The van der Waals surface area contributed by atoms with Gasteiger partial charge >= 0.3 is 0 Å². The fourth-order valence-electron chi connectivity index (χ4n) is 1.21. The van der Waals surface area contributed by atoms with E-state index >= 15 is 0 Å². The Hall–Kier alpha value is -1.18. The van der Waals surface area contributed by atoms with Crippen LogP contribution in [0.1, 0.15) is 22.9 Å². The van der Waals surface area contributed by atoms with Crippen molar-refractivity contribution in [1.82, 2.24) is 0 Å². The van der Waals surface area contributed by atoms with Crippen LogP contribution in [0.15, 0.2) is 18.2 Å². The molecule has 1 unspecified atom stereocenters. The van der Waals surface area contributed by atoms with E-state index in [2.05, 4.69) is 0 Å². The second-order valence-corrected chi connectivity index (χ2v) is 2.90. The molecule has 0 fully saturated rings. The fourth-order valence-corrected chi connectivity index (χ4v) is 1.21. The van der Waals surface area contributed by atoms with E-state index in [1.165, 1.54) is 0 Å². The zero-order valence-electron chi connectivity index (χ0n) is 7.17. The maximum Gasteiger partial charge on any atom is 0.180 e. The molecule has 0 saturated heterocycles. The number of aryl methyl sites for hydroxylation is 2. The molecule has 1 aromatic carbocycles. The van der Waals surface area contributed by atoms with Gasteiger partial charge in [-0.05, 0) is 25.0 Å². The zero-order valence-corrected chi connectivity index (χ0v) is 7.17. The van der Waals surface area contributed by atoms with E-state index in [0.717, 1.165) is 11.1 Å². The molecule has 1 nitrogen and oxygen atoms in total. The molecule has 0 heterocycles. The maximum atomic E-state index is 12.9. The molecule has 1 aromatic rings. The first-order chi connectivity index (χ1) is 5.65. The van der Waals surface area contributed by atoms with Gasteiger partial charge in [0.15, 0.2) is 12.5 Å². The largest absolute Gasteiger partial charge is 0.300 e. The SMILES string of the molecule is Cc1ccc(C(F)C=O)c(C)c1. The number of rotatable bonds is 2. The summed E-state index contributed by atoms with van der Waals surface area (Å²) in [6.45, 7) is 3.74. The van der Waals surface area contributed by atoms with Crippen LogP contribution < -0.4 is 0 Å². The molecule has 0 amide bonds. The molecular weight excluding hydrogens is 155 g/mol. The van der Waals surface area contributed by atoms with Crippen molar-refractivity contribution in [3.05, 3.63) is 34.9 Å². The Morgan fingerprint density at radius 2 is 2.08 bits per heavy atom. The van der Waals surface area contributed by atoms with Crippen molar-refractivity contribution in [1.29, 1.82) is 0 Å². The minimum Gasteiger partial charge on any atom is -0.300 e. The van der Waals surface area contributed by atoms with Crippen LogP contribution in [0.2, 0.25) is 0 Å². The molecule has 0 aliphatic carbocycles. The van der Waals surface area contributed by atoms with Crippen LogP contribution in [0, 0.1) is 13.8 Å². The molecule has 12 heavy (non-hydrogen) atoms. The summed E-state index contributed by atoms with van der Waals surface area (Å²) in [6.07, 6.45) is -1.16. The van der Waals surface area contributed by atoms with E-state index in [1.807, 2.05) is 13.0 Å². The lowest BCUT2D eigenvalue weighted by molar-refractivity contribution is -0.112. The third kappa shape index (κ3) is 1.70. The molecular formula is C10H11FO. The number of carbonyl (C=O) groups excluding carboxylic acids is 1. The van der Waals surface area contributed by atoms with E-state index in [4.69, 9.17) is 0 Å². The Balaban J connectivity index is 3.09. The Labute approximate surface area is 71.2 Å². The van der Waals surface area contributed by atoms with Gasteiger partial charge in [0.1, 0.15) is 0 Å². The topological polar surface area (TPSA) is 17.1 Å². The Morgan fingerprint density at radius 1 is 1.42 bits per heavy atom. The lowest BCUT2D eigenvalue weighted by atomic mass is 10.0. The molecule has 1 atom stereocenters. The molecule has 0 bridgehead atoms. The molecule has 0 saturated carbocycles. The highest BCUT2D eigenvalue weighted by molar-refractivity contribution is 5.60. The highest BCUT2D eigenvalue weighted by Gasteiger charge is 2.09. The van der Waals surface area contributed by atoms with Crippen molar-refractivity contribution in [3.63, 3.8) is 0 Å². The quantitative estimate of drug-likeness (QED) is 0.617. The Bertz CT molecular complexity index is 294. The summed E-state index contributed by atoms with van der Waals surface area (Å²) in [4.78, 5) is 10.2. The predicted octanol–water partition coefficient (Wildman–Crippen LogP) is 2.51. The average molecular weight is 166 g/mol. The van der Waals surface area contributed by atoms with Gasteiger partial charge in [-0.1, -0.05) is 23.8 Å². The van der Waals surface area contributed by atoms with Crippen LogP contribution in [0.3, 0.4) is 0 Å². The van der Waals surface area contributed by atoms with Crippen LogP contribution in [0.25, 0.3) is 0 Å². The summed E-state index contributed by atoms with van der Waals surface area (Å²) in [5.74, 6) is 0. The summed E-state index contributed by atoms with van der Waals surface area (Å²) in [5, 5.41) is 0. The van der Waals surface area contributed by atoms with E-state index in [0.29, 0.717) is 11.8 Å². The number of aldehydes is 1. The van der Waals surface area contributed by atoms with Gasteiger partial charge in [-0.15, -0.1) is 0 Å². The summed E-state index contributed by atoms with van der Waals surface area (Å²) in [5.41, 5.74) is 2.37. The van der Waals surface area contributed by atoms with Gasteiger partial charge < -0.3 is 0 Å². The summed E-state index contributed by atoms with van der Waals surface area (Å²) in [6, 6.07) is 5.33. The molecule has 1 rings (SSSR count). The summed E-state index contributed by atoms with van der Waals surface area (Å²) in [7, 11) is 0. The van der Waals surface area contributed by atoms with Crippen molar-refractivity contribution in [3.8, 4) is 0 Å². The van der Waals surface area contributed by atoms with Crippen LogP contribution >= 0.6 is 0 Å². The number of hydrogen-bond acceptors (Lipinski definition) is 1. The van der Waals surface area contributed by atoms with Crippen LogP contribution in [0.4, 0.5) is 4.39 Å². The molecule has 0 N–H and O–H groups in total. The first-order valence-electron chi connectivity index (χ1n) is 3.81. The monoisotopic (exact) mass is 166 g/mol. The van der Waals surface area contributed by atoms with Crippen molar-refractivity contribution >= 4 is 6.29 Å². The third-order valence-corrected chi connectivity index (χ3v) is 1.84. The highest BCUT2D eigenvalue weighted by atomic mass is 19.1.